The Hall–Kier alpha value is -2.01. The number of halogens is 1. The van der Waals surface area contributed by atoms with Crippen LogP contribution in [0.2, 0.25) is 0 Å². The number of amidine groups is 1. The first-order chi connectivity index (χ1) is 10.0. The second-order valence-electron chi connectivity index (χ2n) is 5.21. The van der Waals surface area contributed by atoms with Crippen LogP contribution in [0.15, 0.2) is 34.3 Å². The highest BCUT2D eigenvalue weighted by molar-refractivity contribution is 6.68. The van der Waals surface area contributed by atoms with Crippen molar-refractivity contribution in [3.05, 3.63) is 29.8 Å². The number of hydrogen-bond acceptors (Lipinski definition) is 3. The van der Waals surface area contributed by atoms with Crippen LogP contribution in [0.5, 0.6) is 0 Å². The van der Waals surface area contributed by atoms with E-state index in [1.165, 1.54) is 0 Å². The predicted molar refractivity (Wildman–Crippen MR) is 82.1 cm³/mol. The van der Waals surface area contributed by atoms with Crippen LogP contribution < -0.4 is 4.90 Å². The maximum absolute atomic E-state index is 12.5. The standard InChI is InChI=1S/C15H14ClN3O2/c1-9-6-10-4-2-3-5-11(10)19(9)15(21)8-13-17-12(16)7-14(20)18-13/h2-5,9H,6-8H2,1H3. The van der Waals surface area contributed by atoms with Crippen LogP contribution in [-0.4, -0.2) is 28.9 Å². The number of para-hydroxylation sites is 1. The molecule has 0 spiro atoms. The van der Waals surface area contributed by atoms with Gasteiger partial charge in [0.1, 0.15) is 11.0 Å². The lowest BCUT2D eigenvalue weighted by Crippen LogP contribution is -2.37. The molecule has 3 rings (SSSR count). The van der Waals surface area contributed by atoms with E-state index in [1.54, 1.807) is 4.90 Å². The van der Waals surface area contributed by atoms with Crippen molar-refractivity contribution in [2.45, 2.75) is 32.2 Å². The summed E-state index contributed by atoms with van der Waals surface area (Å²) in [4.78, 5) is 33.4. The minimum Gasteiger partial charge on any atom is -0.309 e. The number of rotatable bonds is 2. The smallest absolute Gasteiger partial charge is 0.254 e. The van der Waals surface area contributed by atoms with Gasteiger partial charge in [-0.1, -0.05) is 29.8 Å². The maximum Gasteiger partial charge on any atom is 0.254 e. The highest BCUT2D eigenvalue weighted by Crippen LogP contribution is 2.32. The minimum atomic E-state index is -0.354. The fraction of sp³-hybridized carbons (Fsp3) is 0.333. The number of anilines is 1. The van der Waals surface area contributed by atoms with Crippen LogP contribution >= 0.6 is 11.6 Å². The Kier molecular flexibility index (Phi) is 3.59. The average Bonchev–Trinajstić information content (AvgIpc) is 2.73. The number of amides is 2. The molecule has 2 aliphatic heterocycles. The van der Waals surface area contributed by atoms with Gasteiger partial charge in [0.2, 0.25) is 5.91 Å². The normalized spacial score (nSPS) is 21.0. The van der Waals surface area contributed by atoms with E-state index in [0.29, 0.717) is 0 Å². The Balaban J connectivity index is 1.82. The van der Waals surface area contributed by atoms with Crippen molar-refractivity contribution >= 4 is 40.1 Å². The molecule has 0 radical (unpaired) electrons. The molecule has 108 valence electrons. The molecule has 0 N–H and O–H groups in total. The van der Waals surface area contributed by atoms with Gasteiger partial charge in [-0.15, -0.1) is 0 Å². The van der Waals surface area contributed by atoms with E-state index in [9.17, 15) is 9.59 Å². The van der Waals surface area contributed by atoms with Gasteiger partial charge in [0, 0.05) is 11.7 Å². The zero-order valence-corrected chi connectivity index (χ0v) is 12.3. The molecule has 5 nitrogen and oxygen atoms in total. The van der Waals surface area contributed by atoms with Crippen molar-refractivity contribution in [3.8, 4) is 0 Å². The molecule has 0 fully saturated rings. The van der Waals surface area contributed by atoms with Crippen LogP contribution in [0.3, 0.4) is 0 Å². The molecule has 1 atom stereocenters. The Morgan fingerprint density at radius 2 is 2.14 bits per heavy atom. The van der Waals surface area contributed by atoms with Gasteiger partial charge in [0.15, 0.2) is 0 Å². The summed E-state index contributed by atoms with van der Waals surface area (Å²) >= 11 is 5.78. The van der Waals surface area contributed by atoms with Crippen molar-refractivity contribution in [1.82, 2.24) is 0 Å². The molecule has 21 heavy (non-hydrogen) atoms. The number of hydrogen-bond donors (Lipinski definition) is 0. The number of carbonyl (C=O) groups is 2. The Bertz CT molecular complexity index is 681. The molecule has 1 unspecified atom stereocenters. The van der Waals surface area contributed by atoms with Crippen LogP contribution in [0, 0.1) is 0 Å². The molecule has 1 aromatic carbocycles. The number of carbonyl (C=O) groups excluding carboxylic acids is 2. The zero-order valence-electron chi connectivity index (χ0n) is 11.5. The van der Waals surface area contributed by atoms with E-state index in [4.69, 9.17) is 11.6 Å². The summed E-state index contributed by atoms with van der Waals surface area (Å²) in [6, 6.07) is 7.92. The highest BCUT2D eigenvalue weighted by Gasteiger charge is 2.31. The number of aliphatic imine (C=N–C) groups is 2. The lowest BCUT2D eigenvalue weighted by atomic mass is 10.1. The number of fused-ring (bicyclic) bond motifs is 1. The monoisotopic (exact) mass is 303 g/mol. The summed E-state index contributed by atoms with van der Waals surface area (Å²) in [5.74, 6) is -0.278. The molecular weight excluding hydrogens is 290 g/mol. The third-order valence-electron chi connectivity index (χ3n) is 3.59. The fourth-order valence-electron chi connectivity index (χ4n) is 2.76. The topological polar surface area (TPSA) is 62.1 Å². The van der Waals surface area contributed by atoms with Crippen molar-refractivity contribution in [2.75, 3.05) is 4.90 Å². The Morgan fingerprint density at radius 1 is 1.38 bits per heavy atom. The first kappa shape index (κ1) is 13.9. The van der Waals surface area contributed by atoms with Gasteiger partial charge in [0.25, 0.3) is 5.91 Å². The summed E-state index contributed by atoms with van der Waals surface area (Å²) in [5.41, 5.74) is 2.08. The minimum absolute atomic E-state index is 0.0133. The first-order valence-corrected chi connectivity index (χ1v) is 7.16. The van der Waals surface area contributed by atoms with Gasteiger partial charge in [-0.2, -0.15) is 4.99 Å². The molecular formula is C15H14ClN3O2. The molecule has 0 saturated heterocycles. The average molecular weight is 304 g/mol. The second-order valence-corrected chi connectivity index (χ2v) is 5.65. The Labute approximate surface area is 127 Å². The Morgan fingerprint density at radius 3 is 2.90 bits per heavy atom. The largest absolute Gasteiger partial charge is 0.309 e. The molecule has 6 heteroatoms. The highest BCUT2D eigenvalue weighted by atomic mass is 35.5. The quantitative estimate of drug-likeness (QED) is 0.841. The van der Waals surface area contributed by atoms with E-state index in [1.807, 2.05) is 31.2 Å². The van der Waals surface area contributed by atoms with E-state index in [2.05, 4.69) is 9.98 Å². The molecule has 0 aromatic heterocycles. The van der Waals surface area contributed by atoms with Crippen molar-refractivity contribution in [3.63, 3.8) is 0 Å². The van der Waals surface area contributed by atoms with Gasteiger partial charge in [-0.25, -0.2) is 4.99 Å². The van der Waals surface area contributed by atoms with Gasteiger partial charge >= 0.3 is 0 Å². The van der Waals surface area contributed by atoms with Gasteiger partial charge < -0.3 is 4.90 Å². The van der Waals surface area contributed by atoms with Crippen molar-refractivity contribution < 1.29 is 9.59 Å². The molecule has 0 saturated carbocycles. The number of benzene rings is 1. The van der Waals surface area contributed by atoms with Crippen LogP contribution in [0.1, 0.15) is 25.3 Å². The van der Waals surface area contributed by atoms with Gasteiger partial charge in [-0.05, 0) is 25.0 Å². The second kappa shape index (κ2) is 5.41. The lowest BCUT2D eigenvalue weighted by molar-refractivity contribution is -0.117. The molecule has 2 amide bonds. The van der Waals surface area contributed by atoms with Crippen LogP contribution in [-0.2, 0) is 16.0 Å². The predicted octanol–water partition coefficient (Wildman–Crippen LogP) is 2.32. The van der Waals surface area contributed by atoms with Crippen molar-refractivity contribution in [2.24, 2.45) is 9.98 Å². The van der Waals surface area contributed by atoms with Gasteiger partial charge in [-0.3, -0.25) is 9.59 Å². The van der Waals surface area contributed by atoms with E-state index in [0.717, 1.165) is 17.7 Å². The first-order valence-electron chi connectivity index (χ1n) is 6.78. The molecule has 0 aliphatic carbocycles. The summed E-state index contributed by atoms with van der Waals surface area (Å²) in [6.45, 7) is 2.00. The summed E-state index contributed by atoms with van der Waals surface area (Å²) in [6.07, 6.45) is 0.834. The fourth-order valence-corrected chi connectivity index (χ4v) is 2.97. The number of nitrogens with zero attached hydrogens (tertiary/aromatic N) is 3. The van der Waals surface area contributed by atoms with Gasteiger partial charge in [0.05, 0.1) is 12.8 Å². The van der Waals surface area contributed by atoms with E-state index >= 15 is 0 Å². The maximum atomic E-state index is 12.5. The molecule has 1 aromatic rings. The third-order valence-corrected chi connectivity index (χ3v) is 3.80. The third kappa shape index (κ3) is 2.74. The van der Waals surface area contributed by atoms with Crippen LogP contribution in [0.25, 0.3) is 0 Å². The lowest BCUT2D eigenvalue weighted by Gasteiger charge is -2.22. The zero-order chi connectivity index (χ0) is 15.0. The van der Waals surface area contributed by atoms with Crippen LogP contribution in [0.4, 0.5) is 5.69 Å². The van der Waals surface area contributed by atoms with E-state index < -0.39 is 0 Å². The summed E-state index contributed by atoms with van der Waals surface area (Å²) < 4.78 is 0. The molecule has 2 aliphatic rings. The SMILES string of the molecule is CC1Cc2ccccc2N1C(=O)CC1=NC(=O)CC(Cl)=N1. The molecule has 2 heterocycles. The molecule has 0 bridgehead atoms. The van der Waals surface area contributed by atoms with E-state index in [-0.39, 0.29) is 41.7 Å². The summed E-state index contributed by atoms with van der Waals surface area (Å²) in [5, 5.41) is 0.188. The summed E-state index contributed by atoms with van der Waals surface area (Å²) in [7, 11) is 0. The van der Waals surface area contributed by atoms with Crippen molar-refractivity contribution in [1.29, 1.82) is 0 Å².